The summed E-state index contributed by atoms with van der Waals surface area (Å²) >= 11 is 0. The zero-order valence-corrected chi connectivity index (χ0v) is 9.78. The summed E-state index contributed by atoms with van der Waals surface area (Å²) in [4.78, 5) is 21.6. The molecular formula is C12H9N3O4. The van der Waals surface area contributed by atoms with Crippen molar-refractivity contribution in [2.24, 2.45) is 0 Å². The summed E-state index contributed by atoms with van der Waals surface area (Å²) in [7, 11) is 0. The number of esters is 1. The van der Waals surface area contributed by atoms with Crippen LogP contribution in [0.4, 0.5) is 5.69 Å². The van der Waals surface area contributed by atoms with Gasteiger partial charge >= 0.3 is 5.97 Å². The Morgan fingerprint density at radius 1 is 1.32 bits per heavy atom. The molecule has 0 bridgehead atoms. The van der Waals surface area contributed by atoms with Gasteiger partial charge in [-0.15, -0.1) is 0 Å². The van der Waals surface area contributed by atoms with Crippen LogP contribution in [0.5, 0.6) is 0 Å². The largest absolute Gasteiger partial charge is 0.461 e. The summed E-state index contributed by atoms with van der Waals surface area (Å²) in [6.45, 7) is 0.359. The second-order valence-corrected chi connectivity index (χ2v) is 4.11. The Balaban J connectivity index is 1.98. The standard InChI is InChI=1S/C12H9N3O4/c16-12-11-8(5-6-19-12)7-14(13-11)9-1-3-10(4-2-9)15(17)18/h1-4,7H,5-6H2. The fraction of sp³-hybridized carbons (Fsp3) is 0.167. The number of aromatic nitrogens is 2. The van der Waals surface area contributed by atoms with E-state index in [0.29, 0.717) is 24.4 Å². The lowest BCUT2D eigenvalue weighted by Crippen LogP contribution is -2.16. The molecule has 0 aliphatic carbocycles. The molecule has 7 nitrogen and oxygen atoms in total. The summed E-state index contributed by atoms with van der Waals surface area (Å²) in [6.07, 6.45) is 2.38. The number of fused-ring (bicyclic) bond motifs is 1. The molecule has 0 unspecified atom stereocenters. The maximum Gasteiger partial charge on any atom is 0.359 e. The van der Waals surface area contributed by atoms with Gasteiger partial charge in [-0.1, -0.05) is 0 Å². The van der Waals surface area contributed by atoms with Crippen LogP contribution in [0.1, 0.15) is 16.1 Å². The Morgan fingerprint density at radius 2 is 2.05 bits per heavy atom. The van der Waals surface area contributed by atoms with E-state index in [2.05, 4.69) is 5.10 Å². The van der Waals surface area contributed by atoms with Gasteiger partial charge in [0.05, 0.1) is 17.2 Å². The number of hydrogen-bond acceptors (Lipinski definition) is 5. The molecule has 0 N–H and O–H groups in total. The zero-order valence-electron chi connectivity index (χ0n) is 9.78. The first-order chi connectivity index (χ1) is 9.15. The molecule has 19 heavy (non-hydrogen) atoms. The van der Waals surface area contributed by atoms with Crippen molar-refractivity contribution in [2.75, 3.05) is 6.61 Å². The molecule has 2 heterocycles. The predicted molar refractivity (Wildman–Crippen MR) is 64.2 cm³/mol. The van der Waals surface area contributed by atoms with Gasteiger partial charge in [0, 0.05) is 30.3 Å². The topological polar surface area (TPSA) is 87.3 Å². The number of carbonyl (C=O) groups excluding carboxylic acids is 1. The Morgan fingerprint density at radius 3 is 2.68 bits per heavy atom. The highest BCUT2D eigenvalue weighted by Gasteiger charge is 2.23. The Kier molecular flexibility index (Phi) is 2.52. The molecule has 1 aromatic carbocycles. The van der Waals surface area contributed by atoms with Crippen LogP contribution in [0.25, 0.3) is 5.69 Å². The number of cyclic esters (lactones) is 1. The summed E-state index contributed by atoms with van der Waals surface area (Å²) < 4.78 is 6.43. The zero-order chi connectivity index (χ0) is 13.4. The minimum Gasteiger partial charge on any atom is -0.461 e. The number of carbonyl (C=O) groups is 1. The van der Waals surface area contributed by atoms with Crippen molar-refractivity contribution in [3.8, 4) is 5.69 Å². The Bertz CT molecular complexity index is 660. The van der Waals surface area contributed by atoms with E-state index in [0.717, 1.165) is 5.56 Å². The monoisotopic (exact) mass is 259 g/mol. The first-order valence-electron chi connectivity index (χ1n) is 5.65. The number of ether oxygens (including phenoxy) is 1. The Labute approximate surface area is 107 Å². The third-order valence-corrected chi connectivity index (χ3v) is 2.91. The normalized spacial score (nSPS) is 13.8. The fourth-order valence-electron chi connectivity index (χ4n) is 1.95. The smallest absolute Gasteiger partial charge is 0.359 e. The van der Waals surface area contributed by atoms with Crippen molar-refractivity contribution < 1.29 is 14.5 Å². The molecule has 0 saturated heterocycles. The van der Waals surface area contributed by atoms with Crippen molar-refractivity contribution in [2.45, 2.75) is 6.42 Å². The average Bonchev–Trinajstić information content (AvgIpc) is 2.84. The first kappa shape index (κ1) is 11.4. The molecule has 3 rings (SSSR count). The van der Waals surface area contributed by atoms with Crippen LogP contribution < -0.4 is 0 Å². The summed E-state index contributed by atoms with van der Waals surface area (Å²) in [5.74, 6) is -0.429. The van der Waals surface area contributed by atoms with Gasteiger partial charge in [-0.2, -0.15) is 5.10 Å². The second-order valence-electron chi connectivity index (χ2n) is 4.11. The van der Waals surface area contributed by atoms with E-state index in [1.54, 1.807) is 18.3 Å². The lowest BCUT2D eigenvalue weighted by atomic mass is 10.1. The van der Waals surface area contributed by atoms with E-state index in [1.165, 1.54) is 16.8 Å². The van der Waals surface area contributed by atoms with Crippen molar-refractivity contribution in [1.82, 2.24) is 9.78 Å². The van der Waals surface area contributed by atoms with Crippen molar-refractivity contribution in [1.29, 1.82) is 0 Å². The number of nitrogens with zero attached hydrogens (tertiary/aromatic N) is 3. The number of non-ortho nitro benzene ring substituents is 1. The van der Waals surface area contributed by atoms with E-state index in [4.69, 9.17) is 4.74 Å². The average molecular weight is 259 g/mol. The maximum absolute atomic E-state index is 11.5. The molecule has 0 amide bonds. The molecule has 7 heteroatoms. The van der Waals surface area contributed by atoms with Crippen molar-refractivity contribution in [3.63, 3.8) is 0 Å². The van der Waals surface area contributed by atoms with Crippen LogP contribution >= 0.6 is 0 Å². The number of benzene rings is 1. The van der Waals surface area contributed by atoms with Crippen molar-refractivity contribution >= 4 is 11.7 Å². The van der Waals surface area contributed by atoms with Crippen LogP contribution in [-0.4, -0.2) is 27.3 Å². The molecule has 1 aliphatic heterocycles. The van der Waals surface area contributed by atoms with Gasteiger partial charge in [0.2, 0.25) is 0 Å². The number of nitro benzene ring substituents is 1. The van der Waals surface area contributed by atoms with Gasteiger partial charge in [-0.3, -0.25) is 10.1 Å². The van der Waals surface area contributed by atoms with Crippen LogP contribution in [-0.2, 0) is 11.2 Å². The van der Waals surface area contributed by atoms with Crippen LogP contribution in [0, 0.1) is 10.1 Å². The lowest BCUT2D eigenvalue weighted by molar-refractivity contribution is -0.384. The first-order valence-corrected chi connectivity index (χ1v) is 5.65. The van der Waals surface area contributed by atoms with E-state index in [1.807, 2.05) is 0 Å². The molecule has 0 saturated carbocycles. The quantitative estimate of drug-likeness (QED) is 0.463. The molecule has 0 fully saturated rings. The minimum absolute atomic E-state index is 0.0140. The molecule has 2 aromatic rings. The van der Waals surface area contributed by atoms with Gasteiger partial charge < -0.3 is 4.74 Å². The summed E-state index contributed by atoms with van der Waals surface area (Å²) in [5, 5.41) is 14.7. The van der Waals surface area contributed by atoms with Gasteiger partial charge in [0.1, 0.15) is 0 Å². The molecule has 1 aliphatic rings. The number of nitro groups is 1. The second kappa shape index (κ2) is 4.20. The van der Waals surface area contributed by atoms with Gasteiger partial charge in [0.15, 0.2) is 5.69 Å². The lowest BCUT2D eigenvalue weighted by Gasteiger charge is -2.08. The maximum atomic E-state index is 11.5. The minimum atomic E-state index is -0.463. The van der Waals surface area contributed by atoms with E-state index < -0.39 is 10.9 Å². The highest BCUT2D eigenvalue weighted by Crippen LogP contribution is 2.19. The Hall–Kier alpha value is -2.70. The SMILES string of the molecule is O=C1OCCc2cn(-c3ccc([N+](=O)[O-])cc3)nc21. The van der Waals surface area contributed by atoms with Gasteiger partial charge in [-0.25, -0.2) is 9.48 Å². The van der Waals surface area contributed by atoms with Gasteiger partial charge in [-0.05, 0) is 12.1 Å². The van der Waals surface area contributed by atoms with E-state index in [9.17, 15) is 14.9 Å². The summed E-state index contributed by atoms with van der Waals surface area (Å²) in [6, 6.07) is 5.96. The number of rotatable bonds is 2. The third-order valence-electron chi connectivity index (χ3n) is 2.91. The van der Waals surface area contributed by atoms with E-state index >= 15 is 0 Å². The molecule has 1 aromatic heterocycles. The highest BCUT2D eigenvalue weighted by molar-refractivity contribution is 5.89. The van der Waals surface area contributed by atoms with Crippen LogP contribution in [0.2, 0.25) is 0 Å². The molecule has 96 valence electrons. The van der Waals surface area contributed by atoms with Crippen molar-refractivity contribution in [3.05, 3.63) is 51.8 Å². The van der Waals surface area contributed by atoms with Gasteiger partial charge in [0.25, 0.3) is 5.69 Å². The molecule has 0 radical (unpaired) electrons. The van der Waals surface area contributed by atoms with Crippen LogP contribution in [0.15, 0.2) is 30.5 Å². The third kappa shape index (κ3) is 1.95. The molecule has 0 atom stereocenters. The summed E-state index contributed by atoms with van der Waals surface area (Å²) in [5.41, 5.74) is 1.81. The predicted octanol–water partition coefficient (Wildman–Crippen LogP) is 1.49. The van der Waals surface area contributed by atoms with Crippen LogP contribution in [0.3, 0.4) is 0 Å². The van der Waals surface area contributed by atoms with E-state index in [-0.39, 0.29) is 5.69 Å². The molecule has 0 spiro atoms. The molecular weight excluding hydrogens is 250 g/mol. The number of hydrogen-bond donors (Lipinski definition) is 0. The highest BCUT2D eigenvalue weighted by atomic mass is 16.6. The fourth-order valence-corrected chi connectivity index (χ4v) is 1.95.